The van der Waals surface area contributed by atoms with Gasteiger partial charge in [0.1, 0.15) is 5.75 Å². The minimum atomic E-state index is -0.969. The van der Waals surface area contributed by atoms with E-state index < -0.39 is 11.6 Å². The number of nitrogen functional groups attached to an aromatic ring is 1. The highest BCUT2D eigenvalue weighted by Crippen LogP contribution is 2.33. The number of fused-ring (bicyclic) bond motifs is 1. The number of aromatic nitrogens is 1. The van der Waals surface area contributed by atoms with Crippen LogP contribution in [0.25, 0.3) is 10.9 Å². The fraction of sp³-hybridized carbons (Fsp3) is 0. The minimum absolute atomic E-state index is 0.179. The van der Waals surface area contributed by atoms with Crippen molar-refractivity contribution in [3.63, 3.8) is 0 Å². The van der Waals surface area contributed by atoms with Gasteiger partial charge < -0.3 is 10.5 Å². The summed E-state index contributed by atoms with van der Waals surface area (Å²) in [6, 6.07) is 10.3. The van der Waals surface area contributed by atoms with Crippen molar-refractivity contribution in [2.75, 3.05) is 5.73 Å². The summed E-state index contributed by atoms with van der Waals surface area (Å²) in [5.74, 6) is -1.34. The van der Waals surface area contributed by atoms with Crippen molar-refractivity contribution in [2.45, 2.75) is 0 Å². The zero-order valence-corrected chi connectivity index (χ0v) is 10.3. The summed E-state index contributed by atoms with van der Waals surface area (Å²) in [6.45, 7) is 0. The number of ether oxygens (including phenoxy) is 1. The molecule has 0 unspecified atom stereocenters. The quantitative estimate of drug-likeness (QED) is 0.720. The zero-order valence-electron chi connectivity index (χ0n) is 10.3. The van der Waals surface area contributed by atoms with E-state index in [0.717, 1.165) is 23.0 Å². The van der Waals surface area contributed by atoms with Gasteiger partial charge in [-0.1, -0.05) is 0 Å². The number of hydrogen-bond donors (Lipinski definition) is 1. The van der Waals surface area contributed by atoms with E-state index in [2.05, 4.69) is 4.98 Å². The zero-order chi connectivity index (χ0) is 14.1. The lowest BCUT2D eigenvalue weighted by atomic mass is 10.1. The first kappa shape index (κ1) is 12.3. The standard InChI is InChI=1S/C15H10F2N2O/c16-11-4-3-9(8-12(11)17)20-14-6-5-13-10(15(14)18)2-1-7-19-13/h1-8H,18H2. The molecule has 100 valence electrons. The van der Waals surface area contributed by atoms with Crippen molar-refractivity contribution in [3.8, 4) is 11.5 Å². The monoisotopic (exact) mass is 272 g/mol. The number of halogens is 2. The number of nitrogens with zero attached hydrogens (tertiary/aromatic N) is 1. The van der Waals surface area contributed by atoms with E-state index in [1.165, 1.54) is 6.07 Å². The van der Waals surface area contributed by atoms with Crippen LogP contribution in [-0.2, 0) is 0 Å². The van der Waals surface area contributed by atoms with Crippen molar-refractivity contribution in [2.24, 2.45) is 0 Å². The molecule has 1 aromatic heterocycles. The first-order valence-corrected chi connectivity index (χ1v) is 5.91. The molecule has 0 atom stereocenters. The molecule has 0 aliphatic rings. The van der Waals surface area contributed by atoms with Crippen molar-refractivity contribution in [1.29, 1.82) is 0 Å². The summed E-state index contributed by atoms with van der Waals surface area (Å²) in [5, 5.41) is 0.743. The third kappa shape index (κ3) is 2.14. The van der Waals surface area contributed by atoms with Gasteiger partial charge in [-0.25, -0.2) is 8.78 Å². The molecular weight excluding hydrogens is 262 g/mol. The molecule has 0 saturated heterocycles. The van der Waals surface area contributed by atoms with Crippen LogP contribution in [0.2, 0.25) is 0 Å². The lowest BCUT2D eigenvalue weighted by Crippen LogP contribution is -1.95. The number of pyridine rings is 1. The molecule has 5 heteroatoms. The molecule has 3 nitrogen and oxygen atoms in total. The van der Waals surface area contributed by atoms with E-state index in [4.69, 9.17) is 10.5 Å². The average Bonchev–Trinajstić information content (AvgIpc) is 2.46. The van der Waals surface area contributed by atoms with Crippen LogP contribution in [-0.4, -0.2) is 4.98 Å². The normalized spacial score (nSPS) is 10.7. The Balaban J connectivity index is 2.02. The highest BCUT2D eigenvalue weighted by Gasteiger charge is 2.09. The Kier molecular flexibility index (Phi) is 2.95. The second-order valence-corrected chi connectivity index (χ2v) is 4.23. The number of hydrogen-bond acceptors (Lipinski definition) is 3. The van der Waals surface area contributed by atoms with Crippen LogP contribution in [0.5, 0.6) is 11.5 Å². The van der Waals surface area contributed by atoms with Gasteiger partial charge >= 0.3 is 0 Å². The Morgan fingerprint density at radius 2 is 1.85 bits per heavy atom. The lowest BCUT2D eigenvalue weighted by Gasteiger charge is -2.10. The molecule has 0 spiro atoms. The number of benzene rings is 2. The molecule has 2 aromatic carbocycles. The molecule has 3 aromatic rings. The van der Waals surface area contributed by atoms with Crippen molar-refractivity contribution in [1.82, 2.24) is 4.98 Å². The molecule has 2 N–H and O–H groups in total. The van der Waals surface area contributed by atoms with E-state index in [0.29, 0.717) is 11.4 Å². The fourth-order valence-electron chi connectivity index (χ4n) is 1.91. The summed E-state index contributed by atoms with van der Waals surface area (Å²) in [6.07, 6.45) is 1.66. The van der Waals surface area contributed by atoms with Gasteiger partial charge in [-0.05, 0) is 36.4 Å². The van der Waals surface area contributed by atoms with Gasteiger partial charge in [0.25, 0.3) is 0 Å². The second-order valence-electron chi connectivity index (χ2n) is 4.23. The fourth-order valence-corrected chi connectivity index (χ4v) is 1.91. The van der Waals surface area contributed by atoms with Gasteiger partial charge in [-0.2, -0.15) is 0 Å². The molecule has 0 amide bonds. The summed E-state index contributed by atoms with van der Waals surface area (Å²) in [5.41, 5.74) is 7.14. The number of nitrogens with two attached hydrogens (primary N) is 1. The number of rotatable bonds is 2. The van der Waals surface area contributed by atoms with Gasteiger partial charge in [0, 0.05) is 17.6 Å². The molecule has 0 aliphatic heterocycles. The highest BCUT2D eigenvalue weighted by atomic mass is 19.2. The third-order valence-electron chi connectivity index (χ3n) is 2.91. The second kappa shape index (κ2) is 4.77. The minimum Gasteiger partial charge on any atom is -0.455 e. The van der Waals surface area contributed by atoms with E-state index >= 15 is 0 Å². The molecule has 0 saturated carbocycles. The van der Waals surface area contributed by atoms with Crippen LogP contribution < -0.4 is 10.5 Å². The summed E-state index contributed by atoms with van der Waals surface area (Å²) in [7, 11) is 0. The Morgan fingerprint density at radius 1 is 1.00 bits per heavy atom. The predicted molar refractivity (Wildman–Crippen MR) is 72.6 cm³/mol. The van der Waals surface area contributed by atoms with E-state index in [9.17, 15) is 8.78 Å². The number of anilines is 1. The Bertz CT molecular complexity index is 790. The van der Waals surface area contributed by atoms with Gasteiger partial charge in [0.05, 0.1) is 11.2 Å². The van der Waals surface area contributed by atoms with Crippen LogP contribution in [0, 0.1) is 11.6 Å². The summed E-state index contributed by atoms with van der Waals surface area (Å²) < 4.78 is 31.5. The smallest absolute Gasteiger partial charge is 0.162 e. The first-order valence-electron chi connectivity index (χ1n) is 5.91. The molecule has 3 rings (SSSR count). The molecule has 0 fully saturated rings. The summed E-state index contributed by atoms with van der Waals surface area (Å²) in [4.78, 5) is 4.17. The molecule has 0 bridgehead atoms. The van der Waals surface area contributed by atoms with Crippen molar-refractivity contribution in [3.05, 3.63) is 60.3 Å². The van der Waals surface area contributed by atoms with Gasteiger partial charge in [-0.15, -0.1) is 0 Å². The first-order chi connectivity index (χ1) is 9.65. The van der Waals surface area contributed by atoms with Crippen LogP contribution in [0.3, 0.4) is 0 Å². The molecular formula is C15H10F2N2O. The van der Waals surface area contributed by atoms with E-state index in [1.807, 2.05) is 6.07 Å². The topological polar surface area (TPSA) is 48.1 Å². The van der Waals surface area contributed by atoms with E-state index in [1.54, 1.807) is 24.4 Å². The Labute approximate surface area is 113 Å². The SMILES string of the molecule is Nc1c(Oc2ccc(F)c(F)c2)ccc2ncccc12. The molecule has 0 aliphatic carbocycles. The van der Waals surface area contributed by atoms with Crippen LogP contribution in [0.15, 0.2) is 48.7 Å². The van der Waals surface area contributed by atoms with Crippen LogP contribution >= 0.6 is 0 Å². The van der Waals surface area contributed by atoms with Gasteiger partial charge in [-0.3, -0.25) is 4.98 Å². The molecule has 0 radical (unpaired) electrons. The largest absolute Gasteiger partial charge is 0.455 e. The maximum Gasteiger partial charge on any atom is 0.162 e. The molecule has 20 heavy (non-hydrogen) atoms. The van der Waals surface area contributed by atoms with Crippen molar-refractivity contribution >= 4 is 16.6 Å². The predicted octanol–water partition coefficient (Wildman–Crippen LogP) is 3.89. The van der Waals surface area contributed by atoms with Crippen molar-refractivity contribution < 1.29 is 13.5 Å². The van der Waals surface area contributed by atoms with Gasteiger partial charge in [0.2, 0.25) is 0 Å². The molecule has 1 heterocycles. The highest BCUT2D eigenvalue weighted by molar-refractivity contribution is 5.93. The lowest BCUT2D eigenvalue weighted by molar-refractivity contribution is 0.463. The maximum absolute atomic E-state index is 13.1. The van der Waals surface area contributed by atoms with Crippen LogP contribution in [0.1, 0.15) is 0 Å². The Morgan fingerprint density at radius 3 is 2.65 bits per heavy atom. The van der Waals surface area contributed by atoms with Gasteiger partial charge in [0.15, 0.2) is 17.4 Å². The van der Waals surface area contributed by atoms with Crippen LogP contribution in [0.4, 0.5) is 14.5 Å². The average molecular weight is 272 g/mol. The third-order valence-corrected chi connectivity index (χ3v) is 2.91. The maximum atomic E-state index is 13.1. The van der Waals surface area contributed by atoms with E-state index in [-0.39, 0.29) is 5.75 Å². The summed E-state index contributed by atoms with van der Waals surface area (Å²) >= 11 is 0. The Hall–Kier alpha value is -2.69.